The number of halogens is 1. The average molecular weight is 435 g/mol. The van der Waals surface area contributed by atoms with Crippen LogP contribution in [0.3, 0.4) is 0 Å². The highest BCUT2D eigenvalue weighted by Crippen LogP contribution is 2.12. The molecule has 0 aliphatic carbocycles. The average Bonchev–Trinajstić information content (AvgIpc) is 3.17. The van der Waals surface area contributed by atoms with Gasteiger partial charge in [0.15, 0.2) is 5.96 Å². The Bertz CT molecular complexity index is 429. The quantitative estimate of drug-likeness (QED) is 0.375. The van der Waals surface area contributed by atoms with Gasteiger partial charge in [-0.1, -0.05) is 13.8 Å². The van der Waals surface area contributed by atoms with Crippen LogP contribution in [0.2, 0.25) is 0 Å². The van der Waals surface area contributed by atoms with E-state index in [1.54, 1.807) is 6.26 Å². The molecular weight excluding hydrogens is 405 g/mol. The van der Waals surface area contributed by atoms with Crippen molar-refractivity contribution in [3.63, 3.8) is 0 Å². The number of furan rings is 1. The minimum Gasteiger partial charge on any atom is -0.469 e. The van der Waals surface area contributed by atoms with E-state index in [9.17, 15) is 0 Å². The fraction of sp³-hybridized carbons (Fsp3) is 0.706. The van der Waals surface area contributed by atoms with Crippen LogP contribution < -0.4 is 10.6 Å². The zero-order chi connectivity index (χ0) is 15.6. The van der Waals surface area contributed by atoms with Gasteiger partial charge in [0.25, 0.3) is 0 Å². The maximum Gasteiger partial charge on any atom is 0.191 e. The van der Waals surface area contributed by atoms with Gasteiger partial charge < -0.3 is 19.8 Å². The van der Waals surface area contributed by atoms with Crippen molar-refractivity contribution in [3.8, 4) is 0 Å². The van der Waals surface area contributed by atoms with E-state index in [0.717, 1.165) is 63.8 Å². The number of nitrogens with one attached hydrogen (secondary N) is 2. The zero-order valence-corrected chi connectivity index (χ0v) is 16.5. The molecule has 0 spiro atoms. The highest BCUT2D eigenvalue weighted by atomic mass is 127. The van der Waals surface area contributed by atoms with E-state index in [4.69, 9.17) is 14.1 Å². The van der Waals surface area contributed by atoms with Crippen molar-refractivity contribution >= 4 is 29.9 Å². The maximum absolute atomic E-state index is 5.41. The van der Waals surface area contributed by atoms with Crippen molar-refractivity contribution < 1.29 is 9.15 Å². The lowest BCUT2D eigenvalue weighted by Gasteiger charge is -2.14. The number of rotatable bonds is 8. The van der Waals surface area contributed by atoms with Gasteiger partial charge in [0.1, 0.15) is 5.76 Å². The minimum atomic E-state index is 0. The summed E-state index contributed by atoms with van der Waals surface area (Å²) in [5.74, 6) is 3.16. The summed E-state index contributed by atoms with van der Waals surface area (Å²) in [5, 5.41) is 6.82. The number of hydrogen-bond acceptors (Lipinski definition) is 3. The van der Waals surface area contributed by atoms with Crippen LogP contribution in [0, 0.1) is 11.8 Å². The summed E-state index contributed by atoms with van der Waals surface area (Å²) >= 11 is 0. The molecule has 1 aliphatic heterocycles. The standard InChI is InChI=1S/C17H29N3O2.HI/c1-14(2)5-8-18-17(20-12-15-7-11-21-13-15)19-9-6-16-4-3-10-22-16;/h3-4,10,14-15H,5-9,11-13H2,1-2H3,(H2,18,19,20);1H. The van der Waals surface area contributed by atoms with Crippen molar-refractivity contribution in [1.82, 2.24) is 10.6 Å². The van der Waals surface area contributed by atoms with Crippen LogP contribution in [0.5, 0.6) is 0 Å². The van der Waals surface area contributed by atoms with Gasteiger partial charge in [-0.15, -0.1) is 24.0 Å². The molecule has 2 rings (SSSR count). The van der Waals surface area contributed by atoms with E-state index >= 15 is 0 Å². The molecule has 6 heteroatoms. The fourth-order valence-corrected chi connectivity index (χ4v) is 2.36. The van der Waals surface area contributed by atoms with Gasteiger partial charge in [-0.25, -0.2) is 0 Å². The largest absolute Gasteiger partial charge is 0.469 e. The Morgan fingerprint density at radius 1 is 1.35 bits per heavy atom. The summed E-state index contributed by atoms with van der Waals surface area (Å²) in [5.41, 5.74) is 0. The van der Waals surface area contributed by atoms with Gasteiger partial charge >= 0.3 is 0 Å². The van der Waals surface area contributed by atoms with Crippen molar-refractivity contribution in [2.24, 2.45) is 16.8 Å². The molecule has 0 radical (unpaired) electrons. The van der Waals surface area contributed by atoms with Crippen molar-refractivity contribution in [1.29, 1.82) is 0 Å². The Morgan fingerprint density at radius 2 is 2.17 bits per heavy atom. The van der Waals surface area contributed by atoms with Gasteiger partial charge in [0.05, 0.1) is 12.9 Å². The third-order valence-corrected chi connectivity index (χ3v) is 3.79. The Kier molecular flexibility index (Phi) is 10.3. The van der Waals surface area contributed by atoms with Crippen LogP contribution in [0.4, 0.5) is 0 Å². The molecule has 1 saturated heterocycles. The predicted octanol–water partition coefficient (Wildman–Crippen LogP) is 3.06. The molecule has 1 aliphatic rings. The van der Waals surface area contributed by atoms with Crippen molar-refractivity contribution in [2.45, 2.75) is 33.1 Å². The fourth-order valence-electron chi connectivity index (χ4n) is 2.36. The number of hydrogen-bond donors (Lipinski definition) is 2. The van der Waals surface area contributed by atoms with Gasteiger partial charge in [-0.3, -0.25) is 4.99 Å². The van der Waals surface area contributed by atoms with Crippen LogP contribution in [0.1, 0.15) is 32.4 Å². The molecule has 2 N–H and O–H groups in total. The van der Waals surface area contributed by atoms with Gasteiger partial charge in [0, 0.05) is 38.6 Å². The Morgan fingerprint density at radius 3 is 2.83 bits per heavy atom. The molecule has 1 aromatic heterocycles. The van der Waals surface area contributed by atoms with E-state index in [1.807, 2.05) is 12.1 Å². The first-order chi connectivity index (χ1) is 10.7. The van der Waals surface area contributed by atoms with Crippen LogP contribution in [-0.4, -0.2) is 38.8 Å². The van der Waals surface area contributed by atoms with Crippen LogP contribution in [0.25, 0.3) is 0 Å². The number of aliphatic imine (C=N–C) groups is 1. The molecular formula is C17H30IN3O2. The monoisotopic (exact) mass is 435 g/mol. The van der Waals surface area contributed by atoms with Crippen LogP contribution in [0.15, 0.2) is 27.8 Å². The highest BCUT2D eigenvalue weighted by molar-refractivity contribution is 14.0. The smallest absolute Gasteiger partial charge is 0.191 e. The van der Waals surface area contributed by atoms with Crippen molar-refractivity contribution in [2.75, 3.05) is 32.8 Å². The SMILES string of the molecule is CC(C)CCNC(=NCC1CCOC1)NCCc1ccco1.I. The first kappa shape index (κ1) is 20.3. The molecule has 1 fully saturated rings. The molecule has 23 heavy (non-hydrogen) atoms. The Hall–Kier alpha value is -0.760. The minimum absolute atomic E-state index is 0. The number of nitrogens with zero attached hydrogens (tertiary/aromatic N) is 1. The first-order valence-electron chi connectivity index (χ1n) is 8.36. The predicted molar refractivity (Wildman–Crippen MR) is 105 cm³/mol. The Balaban J connectivity index is 0.00000264. The lowest BCUT2D eigenvalue weighted by atomic mass is 10.1. The van der Waals surface area contributed by atoms with E-state index in [2.05, 4.69) is 24.5 Å². The topological polar surface area (TPSA) is 58.8 Å². The van der Waals surface area contributed by atoms with E-state index in [-0.39, 0.29) is 24.0 Å². The maximum atomic E-state index is 5.41. The molecule has 2 heterocycles. The third kappa shape index (κ3) is 8.60. The molecule has 0 bridgehead atoms. The molecule has 132 valence electrons. The molecule has 1 unspecified atom stereocenters. The Labute approximate surface area is 156 Å². The van der Waals surface area contributed by atoms with E-state index < -0.39 is 0 Å². The van der Waals surface area contributed by atoms with E-state index in [0.29, 0.717) is 11.8 Å². The molecule has 1 atom stereocenters. The summed E-state index contributed by atoms with van der Waals surface area (Å²) < 4.78 is 10.8. The number of guanidine groups is 1. The third-order valence-electron chi connectivity index (χ3n) is 3.79. The van der Waals surface area contributed by atoms with E-state index in [1.165, 1.54) is 0 Å². The van der Waals surface area contributed by atoms with Gasteiger partial charge in [-0.2, -0.15) is 0 Å². The van der Waals surface area contributed by atoms with Crippen molar-refractivity contribution in [3.05, 3.63) is 24.2 Å². The molecule has 0 amide bonds. The van der Waals surface area contributed by atoms with Gasteiger partial charge in [0.2, 0.25) is 0 Å². The summed E-state index contributed by atoms with van der Waals surface area (Å²) in [4.78, 5) is 4.71. The number of ether oxygens (including phenoxy) is 1. The van der Waals surface area contributed by atoms with Crippen LogP contribution >= 0.6 is 24.0 Å². The van der Waals surface area contributed by atoms with Crippen LogP contribution in [-0.2, 0) is 11.2 Å². The highest BCUT2D eigenvalue weighted by Gasteiger charge is 2.15. The second-order valence-electron chi connectivity index (χ2n) is 6.28. The summed E-state index contributed by atoms with van der Waals surface area (Å²) in [6, 6.07) is 3.92. The summed E-state index contributed by atoms with van der Waals surface area (Å²) in [6.07, 6.45) is 4.84. The molecule has 0 saturated carbocycles. The lowest BCUT2D eigenvalue weighted by Crippen LogP contribution is -2.39. The summed E-state index contributed by atoms with van der Waals surface area (Å²) in [6.45, 7) is 8.79. The normalized spacial score (nSPS) is 18.0. The van der Waals surface area contributed by atoms with Gasteiger partial charge in [-0.05, 0) is 30.9 Å². The zero-order valence-electron chi connectivity index (χ0n) is 14.2. The second-order valence-corrected chi connectivity index (χ2v) is 6.28. The molecule has 1 aromatic rings. The summed E-state index contributed by atoms with van der Waals surface area (Å²) in [7, 11) is 0. The molecule has 5 nitrogen and oxygen atoms in total. The second kappa shape index (κ2) is 11.7. The first-order valence-corrected chi connectivity index (χ1v) is 8.36. The lowest BCUT2D eigenvalue weighted by molar-refractivity contribution is 0.187. The molecule has 0 aromatic carbocycles.